The van der Waals surface area contributed by atoms with Gasteiger partial charge in [-0.3, -0.25) is 25.2 Å². The number of nitro groups is 2. The fourth-order valence-electron chi connectivity index (χ4n) is 3.23. The van der Waals surface area contributed by atoms with Gasteiger partial charge in [-0.2, -0.15) is 0 Å². The van der Waals surface area contributed by atoms with Crippen molar-refractivity contribution in [2.45, 2.75) is 49.9 Å². The Morgan fingerprint density at radius 3 is 2.62 bits per heavy atom. The van der Waals surface area contributed by atoms with E-state index in [0.29, 0.717) is 16.5 Å². The minimum atomic E-state index is -0.655. The van der Waals surface area contributed by atoms with E-state index in [4.69, 9.17) is 0 Å². The van der Waals surface area contributed by atoms with Crippen LogP contribution in [0.3, 0.4) is 0 Å². The van der Waals surface area contributed by atoms with Crippen molar-refractivity contribution in [3.05, 3.63) is 68.0 Å². The van der Waals surface area contributed by atoms with Gasteiger partial charge in [0.15, 0.2) is 11.0 Å². The Morgan fingerprint density at radius 2 is 1.88 bits per heavy atom. The van der Waals surface area contributed by atoms with E-state index in [0.717, 1.165) is 30.0 Å². The molecule has 3 aromatic rings. The number of unbranched alkanes of at least 4 members (excludes halogenated alkanes) is 4. The third kappa shape index (κ3) is 6.39. The van der Waals surface area contributed by atoms with Gasteiger partial charge < -0.3 is 4.57 Å². The molecule has 0 bridgehead atoms. The SMILES string of the molecule is CCCCCCC#Cc1cncc(-c2nnc(SCc3ccc([N+](=O)[O-])cc3[N+](=O)[O-])n2C)c1. The monoisotopic (exact) mass is 480 g/mol. The maximum absolute atomic E-state index is 11.4. The molecule has 0 saturated carbocycles. The number of hydrogen-bond acceptors (Lipinski definition) is 8. The molecular weight excluding hydrogens is 456 g/mol. The van der Waals surface area contributed by atoms with E-state index in [1.54, 1.807) is 24.0 Å². The van der Waals surface area contributed by atoms with Crippen LogP contribution in [0.2, 0.25) is 0 Å². The maximum atomic E-state index is 11.4. The van der Waals surface area contributed by atoms with Crippen LogP contribution in [0.4, 0.5) is 11.4 Å². The Labute approximate surface area is 201 Å². The number of pyridine rings is 1. The summed E-state index contributed by atoms with van der Waals surface area (Å²) in [6, 6.07) is 5.54. The van der Waals surface area contributed by atoms with E-state index in [1.807, 2.05) is 6.07 Å². The summed E-state index contributed by atoms with van der Waals surface area (Å²) in [6.45, 7) is 2.18. The normalized spacial score (nSPS) is 10.5. The second kappa shape index (κ2) is 11.9. The largest absolute Gasteiger partial charge is 0.305 e. The van der Waals surface area contributed by atoms with Crippen LogP contribution >= 0.6 is 11.8 Å². The molecule has 3 rings (SSSR count). The molecule has 34 heavy (non-hydrogen) atoms. The predicted octanol–water partition coefficient (Wildman–Crippen LogP) is 5.31. The van der Waals surface area contributed by atoms with Crippen molar-refractivity contribution >= 4 is 23.1 Å². The van der Waals surface area contributed by atoms with E-state index < -0.39 is 9.85 Å². The molecule has 0 fully saturated rings. The molecule has 1 aromatic carbocycles. The minimum Gasteiger partial charge on any atom is -0.305 e. The molecule has 10 nitrogen and oxygen atoms in total. The van der Waals surface area contributed by atoms with E-state index in [2.05, 4.69) is 33.9 Å². The summed E-state index contributed by atoms with van der Waals surface area (Å²) in [7, 11) is 1.80. The second-order valence-corrected chi connectivity index (χ2v) is 8.50. The third-order valence-corrected chi connectivity index (χ3v) is 6.12. The summed E-state index contributed by atoms with van der Waals surface area (Å²) >= 11 is 1.26. The van der Waals surface area contributed by atoms with Crippen molar-refractivity contribution in [2.75, 3.05) is 0 Å². The first-order chi connectivity index (χ1) is 16.4. The number of thioether (sulfide) groups is 1. The molecule has 0 saturated heterocycles. The third-order valence-electron chi connectivity index (χ3n) is 5.05. The number of rotatable bonds is 10. The van der Waals surface area contributed by atoms with E-state index >= 15 is 0 Å². The molecule has 0 unspecified atom stereocenters. The molecule has 0 N–H and O–H groups in total. The molecule has 176 valence electrons. The smallest absolute Gasteiger partial charge is 0.280 e. The molecule has 2 aromatic heterocycles. The first-order valence-corrected chi connectivity index (χ1v) is 11.8. The fraction of sp³-hybridized carbons (Fsp3) is 0.348. The van der Waals surface area contributed by atoms with Gasteiger partial charge >= 0.3 is 0 Å². The van der Waals surface area contributed by atoms with Gasteiger partial charge in [-0.1, -0.05) is 49.8 Å². The first-order valence-electron chi connectivity index (χ1n) is 10.8. The number of benzene rings is 1. The Morgan fingerprint density at radius 1 is 1.06 bits per heavy atom. The van der Waals surface area contributed by atoms with Crippen molar-refractivity contribution < 1.29 is 9.85 Å². The molecule has 0 spiro atoms. The summed E-state index contributed by atoms with van der Waals surface area (Å²) in [5, 5.41) is 31.3. The molecule has 0 aliphatic rings. The van der Waals surface area contributed by atoms with E-state index in [9.17, 15) is 20.2 Å². The van der Waals surface area contributed by atoms with Crippen molar-refractivity contribution in [2.24, 2.45) is 7.05 Å². The highest BCUT2D eigenvalue weighted by Gasteiger charge is 2.20. The van der Waals surface area contributed by atoms with Crippen LogP contribution in [0, 0.1) is 32.1 Å². The Bertz CT molecular complexity index is 1250. The zero-order valence-corrected chi connectivity index (χ0v) is 19.7. The lowest BCUT2D eigenvalue weighted by atomic mass is 10.1. The molecule has 2 heterocycles. The van der Waals surface area contributed by atoms with Crippen molar-refractivity contribution in [1.29, 1.82) is 0 Å². The fourth-order valence-corrected chi connectivity index (χ4v) is 4.13. The lowest BCUT2D eigenvalue weighted by Gasteiger charge is -2.05. The number of hydrogen-bond donors (Lipinski definition) is 0. The molecule has 0 radical (unpaired) electrons. The van der Waals surface area contributed by atoms with Gasteiger partial charge in [0.05, 0.1) is 15.9 Å². The van der Waals surface area contributed by atoms with Crippen LogP contribution in [0.1, 0.15) is 50.2 Å². The quantitative estimate of drug-likeness (QED) is 0.125. The summed E-state index contributed by atoms with van der Waals surface area (Å²) in [6.07, 6.45) is 8.94. The highest BCUT2D eigenvalue weighted by atomic mass is 32.2. The number of aromatic nitrogens is 4. The van der Waals surface area contributed by atoms with Crippen LogP contribution in [0.15, 0.2) is 41.8 Å². The van der Waals surface area contributed by atoms with Crippen LogP contribution in [-0.2, 0) is 12.8 Å². The molecule has 0 aliphatic heterocycles. The van der Waals surface area contributed by atoms with Crippen LogP contribution in [-0.4, -0.2) is 29.6 Å². The maximum Gasteiger partial charge on any atom is 0.280 e. The lowest BCUT2D eigenvalue weighted by molar-refractivity contribution is -0.394. The van der Waals surface area contributed by atoms with Crippen molar-refractivity contribution in [3.8, 4) is 23.2 Å². The molecule has 0 aliphatic carbocycles. The summed E-state index contributed by atoms with van der Waals surface area (Å²) in [5.41, 5.74) is 1.31. The van der Waals surface area contributed by atoms with Gasteiger partial charge in [0.2, 0.25) is 0 Å². The molecule has 11 heteroatoms. The summed E-state index contributed by atoms with van der Waals surface area (Å²) in [5.74, 6) is 7.14. The Hall–Kier alpha value is -3.78. The highest BCUT2D eigenvalue weighted by Crippen LogP contribution is 2.31. The number of non-ortho nitro benzene ring substituents is 1. The Kier molecular flexibility index (Phi) is 8.70. The first kappa shape index (κ1) is 24.9. The van der Waals surface area contributed by atoms with Gasteiger partial charge in [0.25, 0.3) is 11.4 Å². The average molecular weight is 481 g/mol. The van der Waals surface area contributed by atoms with E-state index in [1.165, 1.54) is 43.2 Å². The number of nitrogens with zero attached hydrogens (tertiary/aromatic N) is 6. The Balaban J connectivity index is 1.72. The average Bonchev–Trinajstić information content (AvgIpc) is 3.20. The summed E-state index contributed by atoms with van der Waals surface area (Å²) in [4.78, 5) is 25.3. The molecule has 0 atom stereocenters. The highest BCUT2D eigenvalue weighted by molar-refractivity contribution is 7.98. The minimum absolute atomic E-state index is 0.210. The molecular formula is C23H24N6O4S. The van der Waals surface area contributed by atoms with Crippen molar-refractivity contribution in [3.63, 3.8) is 0 Å². The topological polar surface area (TPSA) is 130 Å². The van der Waals surface area contributed by atoms with Crippen molar-refractivity contribution in [1.82, 2.24) is 19.7 Å². The summed E-state index contributed by atoms with van der Waals surface area (Å²) < 4.78 is 1.78. The van der Waals surface area contributed by atoms with Gasteiger partial charge in [-0.15, -0.1) is 10.2 Å². The number of nitro benzene ring substituents is 2. The molecule has 0 amide bonds. The van der Waals surface area contributed by atoms with Gasteiger partial charge in [0, 0.05) is 54.4 Å². The van der Waals surface area contributed by atoms with Gasteiger partial charge in [-0.05, 0) is 18.6 Å². The van der Waals surface area contributed by atoms with Gasteiger partial charge in [-0.25, -0.2) is 0 Å². The van der Waals surface area contributed by atoms with Crippen LogP contribution < -0.4 is 0 Å². The zero-order chi connectivity index (χ0) is 24.5. The van der Waals surface area contributed by atoms with Crippen LogP contribution in [0.5, 0.6) is 0 Å². The second-order valence-electron chi connectivity index (χ2n) is 7.56. The lowest BCUT2D eigenvalue weighted by Crippen LogP contribution is -1.98. The predicted molar refractivity (Wildman–Crippen MR) is 129 cm³/mol. The zero-order valence-electron chi connectivity index (χ0n) is 18.9. The van der Waals surface area contributed by atoms with Gasteiger partial charge in [0.1, 0.15) is 0 Å². The van der Waals surface area contributed by atoms with E-state index in [-0.39, 0.29) is 17.1 Å². The standard InChI is InChI=1S/C23H24N6O4S/c1-3-4-5-6-7-8-9-17-12-19(15-24-14-17)22-25-26-23(27(22)2)34-16-18-10-11-20(28(30)31)13-21(18)29(32)33/h10-15H,3-7,16H2,1-2H3. The van der Waals surface area contributed by atoms with Crippen LogP contribution in [0.25, 0.3) is 11.4 Å².